The average molecular weight is 399 g/mol. The first-order chi connectivity index (χ1) is 12.1. The zero-order valence-electron chi connectivity index (χ0n) is 12.5. The van der Waals surface area contributed by atoms with E-state index >= 15 is 0 Å². The van der Waals surface area contributed by atoms with Crippen LogP contribution in [0.2, 0.25) is 0 Å². The fraction of sp³-hybridized carbons (Fsp3) is 0. The number of hydrogen-bond donors (Lipinski definition) is 3. The van der Waals surface area contributed by atoms with Crippen molar-refractivity contribution in [2.45, 2.75) is 9.79 Å². The number of rotatable bonds is 4. The molecule has 26 heavy (non-hydrogen) atoms. The van der Waals surface area contributed by atoms with Gasteiger partial charge in [-0.25, -0.2) is 0 Å². The molecule has 3 rings (SSSR count). The van der Waals surface area contributed by atoms with Crippen molar-refractivity contribution in [3.05, 3.63) is 42.7 Å². The van der Waals surface area contributed by atoms with E-state index in [1.54, 1.807) is 0 Å². The Kier molecular flexibility index (Phi) is 4.31. The Morgan fingerprint density at radius 3 is 2.27 bits per heavy atom. The van der Waals surface area contributed by atoms with Crippen LogP contribution in [-0.4, -0.2) is 40.9 Å². The zero-order chi connectivity index (χ0) is 19.1. The molecule has 1 heterocycles. The summed E-state index contributed by atoms with van der Waals surface area (Å²) in [5, 5.41) is 2.09. The molecule has 0 aliphatic rings. The molecule has 0 spiro atoms. The van der Waals surface area contributed by atoms with Gasteiger partial charge in [-0.05, 0) is 18.2 Å². The van der Waals surface area contributed by atoms with Gasteiger partial charge >= 0.3 is 6.08 Å². The van der Waals surface area contributed by atoms with Gasteiger partial charge in [-0.15, -0.1) is 0 Å². The largest absolute Gasteiger partial charge is 0.324 e. The summed E-state index contributed by atoms with van der Waals surface area (Å²) in [6.07, 6.45) is 0.808. The summed E-state index contributed by atoms with van der Waals surface area (Å²) in [5.74, 6) is -0.345. The highest BCUT2D eigenvalue weighted by Gasteiger charge is 2.21. The minimum Gasteiger partial charge on any atom is -0.324 e. The molecule has 0 aliphatic carbocycles. The van der Waals surface area contributed by atoms with Gasteiger partial charge in [0.05, 0.1) is 0 Å². The van der Waals surface area contributed by atoms with Gasteiger partial charge < -0.3 is 5.32 Å². The molecule has 1 aromatic heterocycles. The van der Waals surface area contributed by atoms with Gasteiger partial charge in [0.25, 0.3) is 20.2 Å². The van der Waals surface area contributed by atoms with Crippen LogP contribution in [0.25, 0.3) is 10.8 Å². The molecule has 2 aromatic carbocycles. The molecule has 0 atom stereocenters. The monoisotopic (exact) mass is 399 g/mol. The lowest BCUT2D eigenvalue weighted by Gasteiger charge is -2.11. The molecule has 3 N–H and O–H groups in total. The molecule has 0 saturated heterocycles. The highest BCUT2D eigenvalue weighted by atomic mass is 32.2. The quantitative estimate of drug-likeness (QED) is 0.544. The van der Waals surface area contributed by atoms with Gasteiger partial charge in [0.2, 0.25) is 12.3 Å². The Bertz CT molecular complexity index is 1230. The van der Waals surface area contributed by atoms with E-state index in [0.29, 0.717) is 0 Å². The van der Waals surface area contributed by atoms with Crippen LogP contribution in [0.15, 0.2) is 40.1 Å². The summed E-state index contributed by atoms with van der Waals surface area (Å²) < 4.78 is 78.3. The van der Waals surface area contributed by atoms with Gasteiger partial charge in [0.15, 0.2) is 0 Å². The summed E-state index contributed by atoms with van der Waals surface area (Å²) in [6.45, 7) is 0. The third-order valence-electron chi connectivity index (χ3n) is 3.23. The first-order valence-corrected chi connectivity index (χ1v) is 9.50. The summed E-state index contributed by atoms with van der Waals surface area (Å²) in [7, 11) is -9.47. The van der Waals surface area contributed by atoms with Crippen molar-refractivity contribution in [2.24, 2.45) is 0 Å². The van der Waals surface area contributed by atoms with Crippen molar-refractivity contribution in [1.29, 1.82) is 0 Å². The first kappa shape index (κ1) is 18.1. The Balaban J connectivity index is 2.31. The second kappa shape index (κ2) is 6.21. The smallest absolute Gasteiger partial charge is 0.314 e. The third-order valence-corrected chi connectivity index (χ3v) is 5.03. The number of aromatic nitrogens is 3. The zero-order valence-corrected chi connectivity index (χ0v) is 14.1. The predicted octanol–water partition coefficient (Wildman–Crippen LogP) is 1.20. The predicted molar refractivity (Wildman–Crippen MR) is 85.5 cm³/mol. The normalized spacial score (nSPS) is 12.3. The molecular weight excluding hydrogens is 391 g/mol. The van der Waals surface area contributed by atoms with Crippen molar-refractivity contribution >= 4 is 42.6 Å². The maximum absolute atomic E-state index is 13.0. The lowest BCUT2D eigenvalue weighted by atomic mass is 10.1. The fourth-order valence-corrected chi connectivity index (χ4v) is 3.70. The van der Waals surface area contributed by atoms with E-state index in [2.05, 4.69) is 20.3 Å². The molecule has 1 radical (unpaired) electrons. The summed E-state index contributed by atoms with van der Waals surface area (Å²) >= 11 is 0. The molecular formula is C13H8FN4O6S2. The van der Waals surface area contributed by atoms with Gasteiger partial charge in [-0.3, -0.25) is 9.11 Å². The van der Waals surface area contributed by atoms with E-state index in [1.807, 2.05) is 6.33 Å². The number of nitrogens with zero attached hydrogens (tertiary/aromatic N) is 3. The Hall–Kier alpha value is -2.74. The van der Waals surface area contributed by atoms with Crippen molar-refractivity contribution in [1.82, 2.24) is 15.0 Å². The van der Waals surface area contributed by atoms with Crippen LogP contribution in [0.4, 0.5) is 16.0 Å². The molecule has 0 bridgehead atoms. The fourth-order valence-electron chi connectivity index (χ4n) is 2.27. The molecule has 0 aliphatic heterocycles. The highest BCUT2D eigenvalue weighted by Crippen LogP contribution is 2.32. The number of nitrogens with one attached hydrogen (secondary N) is 1. The van der Waals surface area contributed by atoms with Crippen LogP contribution in [-0.2, 0) is 20.2 Å². The van der Waals surface area contributed by atoms with Gasteiger partial charge in [0.1, 0.15) is 9.79 Å². The SMILES string of the molecule is O=S(=O)(O)c1cc(Nc2n[c]nc(F)n2)cc2c(S(=O)(=O)O)cccc12. The third kappa shape index (κ3) is 3.60. The van der Waals surface area contributed by atoms with Crippen LogP contribution in [0, 0.1) is 12.4 Å². The van der Waals surface area contributed by atoms with Gasteiger partial charge in [-0.2, -0.15) is 36.2 Å². The molecule has 0 amide bonds. The second-order valence-corrected chi connectivity index (χ2v) is 7.71. The van der Waals surface area contributed by atoms with Gasteiger partial charge in [0, 0.05) is 16.5 Å². The molecule has 0 unspecified atom stereocenters. The van der Waals surface area contributed by atoms with Crippen LogP contribution in [0.1, 0.15) is 0 Å². The van der Waals surface area contributed by atoms with Crippen LogP contribution >= 0.6 is 0 Å². The first-order valence-electron chi connectivity index (χ1n) is 6.62. The van der Waals surface area contributed by atoms with E-state index in [-0.39, 0.29) is 22.4 Å². The number of hydrogen-bond acceptors (Lipinski definition) is 8. The Morgan fingerprint density at radius 1 is 0.962 bits per heavy atom. The summed E-state index contributed by atoms with van der Waals surface area (Å²) in [5.41, 5.74) is -0.0970. The van der Waals surface area contributed by atoms with Crippen LogP contribution in [0.3, 0.4) is 0 Å². The standard InChI is InChI=1S/C13H8FN4O6S2/c14-12-15-6-16-13(18-12)17-7-4-9-8(11(5-7)26(22,23)24)2-1-3-10(9)25(19,20)21/h1-5H,(H,19,20,21)(H,22,23,24)(H,15,16,17,18). The van der Waals surface area contributed by atoms with E-state index in [1.165, 1.54) is 12.1 Å². The van der Waals surface area contributed by atoms with E-state index in [9.17, 15) is 30.3 Å². The van der Waals surface area contributed by atoms with Crippen molar-refractivity contribution in [2.75, 3.05) is 5.32 Å². The topological polar surface area (TPSA) is 159 Å². The molecule has 0 saturated carbocycles. The number of halogens is 1. The lowest BCUT2D eigenvalue weighted by molar-refractivity contribution is 0.481. The maximum atomic E-state index is 13.0. The maximum Gasteiger partial charge on any atom is 0.314 e. The van der Waals surface area contributed by atoms with E-state index in [4.69, 9.17) is 0 Å². The van der Waals surface area contributed by atoms with Crippen LogP contribution < -0.4 is 5.32 Å². The lowest BCUT2D eigenvalue weighted by Crippen LogP contribution is -2.06. The molecule has 10 nitrogen and oxygen atoms in total. The van der Waals surface area contributed by atoms with Crippen molar-refractivity contribution < 1.29 is 30.3 Å². The Morgan fingerprint density at radius 2 is 1.65 bits per heavy atom. The molecule has 3 aromatic rings. The second-order valence-electron chi connectivity index (χ2n) is 4.93. The van der Waals surface area contributed by atoms with Crippen molar-refractivity contribution in [3.63, 3.8) is 0 Å². The van der Waals surface area contributed by atoms with Crippen molar-refractivity contribution in [3.8, 4) is 0 Å². The Labute approximate surface area is 146 Å². The van der Waals surface area contributed by atoms with Gasteiger partial charge in [-0.1, -0.05) is 12.1 Å². The average Bonchev–Trinajstić information content (AvgIpc) is 2.51. The van der Waals surface area contributed by atoms with Crippen LogP contribution in [0.5, 0.6) is 0 Å². The molecule has 13 heteroatoms. The van der Waals surface area contributed by atoms with E-state index in [0.717, 1.165) is 18.2 Å². The number of fused-ring (bicyclic) bond motifs is 1. The van der Waals surface area contributed by atoms with E-state index < -0.39 is 36.1 Å². The highest BCUT2D eigenvalue weighted by molar-refractivity contribution is 7.86. The minimum atomic E-state index is -4.77. The number of anilines is 2. The minimum absolute atomic E-state index is 0.0970. The number of benzene rings is 2. The summed E-state index contributed by atoms with van der Waals surface area (Å²) in [4.78, 5) is 8.61. The summed E-state index contributed by atoms with van der Waals surface area (Å²) in [6, 6.07) is 5.62. The molecule has 0 fully saturated rings. The molecule has 135 valence electrons.